The molecule has 0 bridgehead atoms. The minimum atomic E-state index is -0.665. The van der Waals surface area contributed by atoms with Crippen molar-refractivity contribution in [1.29, 1.82) is 0 Å². The molecule has 1 aliphatic heterocycles. The van der Waals surface area contributed by atoms with E-state index in [2.05, 4.69) is 20.8 Å². The molecule has 1 saturated heterocycles. The van der Waals surface area contributed by atoms with Gasteiger partial charge in [0.1, 0.15) is 17.1 Å². The minimum absolute atomic E-state index is 0.129. The van der Waals surface area contributed by atoms with Crippen LogP contribution < -0.4 is 9.47 Å². The summed E-state index contributed by atoms with van der Waals surface area (Å²) in [5.41, 5.74) is 0.343. The molecule has 25 heavy (non-hydrogen) atoms. The van der Waals surface area contributed by atoms with Crippen LogP contribution >= 0.6 is 0 Å². The van der Waals surface area contributed by atoms with Gasteiger partial charge in [-0.1, -0.05) is 20.8 Å². The lowest BCUT2D eigenvalue weighted by Crippen LogP contribution is -2.51. The Morgan fingerprint density at radius 1 is 1.24 bits per heavy atom. The summed E-state index contributed by atoms with van der Waals surface area (Å²) in [7, 11) is 3.31. The Labute approximate surface area is 150 Å². The van der Waals surface area contributed by atoms with Crippen LogP contribution in [0.3, 0.4) is 0 Å². The van der Waals surface area contributed by atoms with E-state index in [1.165, 1.54) is 6.42 Å². The number of ether oxygens (including phenoxy) is 3. The Hall–Kier alpha value is -1.55. The topological polar surface area (TPSA) is 44.8 Å². The summed E-state index contributed by atoms with van der Waals surface area (Å²) in [5.74, 6) is 2.85. The fourth-order valence-electron chi connectivity index (χ4n) is 5.30. The number of hydrogen-bond donors (Lipinski definition) is 0. The van der Waals surface area contributed by atoms with Gasteiger partial charge >= 0.3 is 0 Å². The number of benzene rings is 1. The maximum absolute atomic E-state index is 12.3. The van der Waals surface area contributed by atoms with Gasteiger partial charge in [-0.3, -0.25) is 0 Å². The molecule has 1 aromatic rings. The monoisotopic (exact) mass is 346 g/mol. The largest absolute Gasteiger partial charge is 0.497 e. The van der Waals surface area contributed by atoms with Crippen molar-refractivity contribution in [3.8, 4) is 11.5 Å². The van der Waals surface area contributed by atoms with Crippen LogP contribution in [0.4, 0.5) is 0 Å². The predicted octanol–water partition coefficient (Wildman–Crippen LogP) is 4.42. The lowest BCUT2D eigenvalue weighted by Gasteiger charge is -2.45. The Bertz CT molecular complexity index is 628. The highest BCUT2D eigenvalue weighted by Crippen LogP contribution is 2.58. The molecule has 3 rings (SSSR count). The Kier molecular flexibility index (Phi) is 5.10. The molecule has 4 nitrogen and oxygen atoms in total. The van der Waals surface area contributed by atoms with E-state index >= 15 is 0 Å². The van der Waals surface area contributed by atoms with Crippen LogP contribution in [0.25, 0.3) is 0 Å². The number of carbonyl (C=O) groups is 1. The third-order valence-corrected chi connectivity index (χ3v) is 6.59. The molecule has 0 amide bonds. The van der Waals surface area contributed by atoms with Crippen LogP contribution in [0, 0.1) is 23.7 Å². The second-order valence-corrected chi connectivity index (χ2v) is 7.65. The molecule has 0 aromatic heterocycles. The van der Waals surface area contributed by atoms with Gasteiger partial charge in [0, 0.05) is 17.5 Å². The van der Waals surface area contributed by atoms with Gasteiger partial charge in [0.15, 0.2) is 6.29 Å². The highest BCUT2D eigenvalue weighted by Gasteiger charge is 2.60. The van der Waals surface area contributed by atoms with E-state index in [0.29, 0.717) is 5.92 Å². The Balaban J connectivity index is 2.02. The van der Waals surface area contributed by atoms with E-state index in [-0.39, 0.29) is 23.9 Å². The average molecular weight is 346 g/mol. The van der Waals surface area contributed by atoms with Crippen LogP contribution in [-0.4, -0.2) is 26.1 Å². The maximum Gasteiger partial charge on any atom is 0.152 e. The zero-order chi connectivity index (χ0) is 18.2. The van der Waals surface area contributed by atoms with Gasteiger partial charge in [-0.2, -0.15) is 0 Å². The molecular formula is C21H30O4. The fourth-order valence-corrected chi connectivity index (χ4v) is 5.30. The molecule has 0 spiro atoms. The van der Waals surface area contributed by atoms with Gasteiger partial charge in [-0.05, 0) is 49.1 Å². The average Bonchev–Trinajstić information content (AvgIpc) is 2.94. The number of rotatable bonds is 5. The second kappa shape index (κ2) is 6.99. The molecule has 138 valence electrons. The zero-order valence-corrected chi connectivity index (χ0v) is 16.0. The molecule has 0 N–H and O–H groups in total. The van der Waals surface area contributed by atoms with Crippen molar-refractivity contribution in [3.63, 3.8) is 0 Å². The summed E-state index contributed by atoms with van der Waals surface area (Å²) in [6.07, 6.45) is 4.16. The lowest BCUT2D eigenvalue weighted by molar-refractivity contribution is -0.154. The van der Waals surface area contributed by atoms with Crippen molar-refractivity contribution >= 4 is 6.29 Å². The summed E-state index contributed by atoms with van der Waals surface area (Å²) in [6, 6.07) is 5.84. The first-order chi connectivity index (χ1) is 12.0. The minimum Gasteiger partial charge on any atom is -0.497 e. The number of carbonyl (C=O) groups excluding carboxylic acids is 1. The molecule has 1 aromatic carbocycles. The first-order valence-corrected chi connectivity index (χ1v) is 9.38. The van der Waals surface area contributed by atoms with Gasteiger partial charge in [-0.25, -0.2) is 0 Å². The lowest BCUT2D eigenvalue weighted by atomic mass is 9.61. The maximum atomic E-state index is 12.3. The molecule has 2 fully saturated rings. The summed E-state index contributed by atoms with van der Waals surface area (Å²) in [6.45, 7) is 6.64. The van der Waals surface area contributed by atoms with Crippen molar-refractivity contribution in [2.45, 2.75) is 51.7 Å². The number of hydrogen-bond acceptors (Lipinski definition) is 4. The molecule has 1 heterocycles. The fraction of sp³-hybridized carbons (Fsp3) is 0.667. The number of fused-ring (bicyclic) bond motifs is 1. The van der Waals surface area contributed by atoms with Crippen LogP contribution in [0.5, 0.6) is 11.5 Å². The van der Waals surface area contributed by atoms with E-state index in [4.69, 9.17) is 14.2 Å². The molecule has 2 aliphatic rings. The predicted molar refractivity (Wildman–Crippen MR) is 97.0 cm³/mol. The smallest absolute Gasteiger partial charge is 0.152 e. The van der Waals surface area contributed by atoms with Gasteiger partial charge < -0.3 is 19.0 Å². The normalized spacial score (nSPS) is 37.4. The molecule has 4 heteroatoms. The third kappa shape index (κ3) is 2.75. The second-order valence-electron chi connectivity index (χ2n) is 7.65. The molecule has 1 aliphatic carbocycles. The van der Waals surface area contributed by atoms with Crippen LogP contribution in [0.15, 0.2) is 18.2 Å². The van der Waals surface area contributed by atoms with Crippen molar-refractivity contribution in [2.24, 2.45) is 23.7 Å². The van der Waals surface area contributed by atoms with Gasteiger partial charge in [0.05, 0.1) is 20.3 Å². The number of aldehydes is 1. The van der Waals surface area contributed by atoms with Crippen molar-refractivity contribution in [2.75, 3.05) is 14.2 Å². The summed E-state index contributed by atoms with van der Waals surface area (Å²) in [4.78, 5) is 12.3. The first kappa shape index (κ1) is 18.2. The highest BCUT2D eigenvalue weighted by molar-refractivity contribution is 5.66. The van der Waals surface area contributed by atoms with E-state index in [1.54, 1.807) is 14.2 Å². The molecule has 0 radical (unpaired) electrons. The van der Waals surface area contributed by atoms with Crippen molar-refractivity contribution in [3.05, 3.63) is 23.8 Å². The summed E-state index contributed by atoms with van der Waals surface area (Å²) in [5, 5.41) is 0. The van der Waals surface area contributed by atoms with Crippen LogP contribution in [0.2, 0.25) is 0 Å². The van der Waals surface area contributed by atoms with Crippen molar-refractivity contribution < 1.29 is 19.0 Å². The molecule has 1 saturated carbocycles. The number of methoxy groups -OCH3 is 2. The van der Waals surface area contributed by atoms with Gasteiger partial charge in [0.25, 0.3) is 0 Å². The molecular weight excluding hydrogens is 316 g/mol. The summed E-state index contributed by atoms with van der Waals surface area (Å²) < 4.78 is 17.5. The van der Waals surface area contributed by atoms with Crippen LogP contribution in [0.1, 0.15) is 51.7 Å². The zero-order valence-electron chi connectivity index (χ0n) is 16.0. The van der Waals surface area contributed by atoms with E-state index < -0.39 is 5.60 Å². The van der Waals surface area contributed by atoms with E-state index in [9.17, 15) is 4.79 Å². The standard InChI is InChI=1S/C21H30O4/c1-6-17-13(2)7-10-18-14(3)20(25-21(17,18)12-22)16-9-8-15(23-4)11-19(16)24-5/h8-9,11-14,17-18,20H,6-7,10H2,1-5H3/t13-,14-,17+,18?,20-,21-/m1/s1. The quantitative estimate of drug-likeness (QED) is 0.740. The van der Waals surface area contributed by atoms with Gasteiger partial charge in [-0.15, -0.1) is 0 Å². The SMILES string of the molecule is CC[C@H]1[C@H](C)CCC2[C@@H](C)[C@H](c3ccc(OC)cc3OC)O[C@@]21C=O. The van der Waals surface area contributed by atoms with Crippen molar-refractivity contribution in [1.82, 2.24) is 0 Å². The Morgan fingerprint density at radius 3 is 2.60 bits per heavy atom. The highest BCUT2D eigenvalue weighted by atomic mass is 16.5. The van der Waals surface area contributed by atoms with Crippen LogP contribution in [-0.2, 0) is 9.53 Å². The first-order valence-electron chi connectivity index (χ1n) is 9.38. The Morgan fingerprint density at radius 2 is 2.00 bits per heavy atom. The molecule has 6 atom stereocenters. The third-order valence-electron chi connectivity index (χ3n) is 6.59. The molecule has 1 unspecified atom stereocenters. The van der Waals surface area contributed by atoms with E-state index in [1.807, 2.05) is 18.2 Å². The summed E-state index contributed by atoms with van der Waals surface area (Å²) >= 11 is 0. The van der Waals surface area contributed by atoms with Gasteiger partial charge in [0.2, 0.25) is 0 Å². The van der Waals surface area contributed by atoms with E-state index in [0.717, 1.165) is 36.2 Å².